The van der Waals surface area contributed by atoms with E-state index < -0.39 is 0 Å². The lowest BCUT2D eigenvalue weighted by molar-refractivity contribution is 0.102. The van der Waals surface area contributed by atoms with Crippen LogP contribution in [0.2, 0.25) is 0 Å². The summed E-state index contributed by atoms with van der Waals surface area (Å²) in [6, 6.07) is 11.2. The Kier molecular flexibility index (Phi) is 4.67. The molecule has 0 saturated carbocycles. The highest BCUT2D eigenvalue weighted by Crippen LogP contribution is 2.24. The largest absolute Gasteiger partial charge is 0.334 e. The minimum Gasteiger partial charge on any atom is -0.334 e. The second-order valence-corrected chi connectivity index (χ2v) is 6.18. The zero-order valence-electron chi connectivity index (χ0n) is 15.5. The fourth-order valence-electron chi connectivity index (χ4n) is 2.73. The first-order valence-electron chi connectivity index (χ1n) is 8.85. The van der Waals surface area contributed by atoms with Crippen molar-refractivity contribution in [2.75, 3.05) is 5.32 Å². The number of hydrogen-bond donors (Lipinski definition) is 1. The van der Waals surface area contributed by atoms with Crippen molar-refractivity contribution in [1.82, 2.24) is 24.7 Å². The third-order valence-electron chi connectivity index (χ3n) is 4.25. The van der Waals surface area contributed by atoms with E-state index in [4.69, 9.17) is 4.52 Å². The van der Waals surface area contributed by atoms with Crippen molar-refractivity contribution in [1.29, 1.82) is 0 Å². The number of anilines is 1. The maximum absolute atomic E-state index is 12.6. The van der Waals surface area contributed by atoms with E-state index in [2.05, 4.69) is 25.4 Å². The summed E-state index contributed by atoms with van der Waals surface area (Å²) in [6.07, 6.45) is 5.49. The van der Waals surface area contributed by atoms with E-state index in [0.29, 0.717) is 29.5 Å². The fraction of sp³-hybridized carbons (Fsp3) is 0.150. The highest BCUT2D eigenvalue weighted by molar-refractivity contribution is 6.03. The molecule has 0 radical (unpaired) electrons. The van der Waals surface area contributed by atoms with Crippen molar-refractivity contribution in [2.45, 2.75) is 20.3 Å². The summed E-state index contributed by atoms with van der Waals surface area (Å²) < 4.78 is 7.00. The van der Waals surface area contributed by atoms with Crippen molar-refractivity contribution < 1.29 is 9.32 Å². The highest BCUT2D eigenvalue weighted by atomic mass is 16.5. The van der Waals surface area contributed by atoms with E-state index in [1.165, 1.54) is 6.33 Å². The molecular weight excluding hydrogens is 356 g/mol. The first-order valence-corrected chi connectivity index (χ1v) is 8.85. The Labute approximate surface area is 161 Å². The summed E-state index contributed by atoms with van der Waals surface area (Å²) in [5.74, 6) is 1.25. The molecule has 0 spiro atoms. The minimum atomic E-state index is -0.295. The van der Waals surface area contributed by atoms with Crippen molar-refractivity contribution in [3.8, 4) is 17.3 Å². The number of carbonyl (C=O) groups excluding carboxylic acids is 1. The minimum absolute atomic E-state index is 0.277. The van der Waals surface area contributed by atoms with Gasteiger partial charge in [-0.15, -0.1) is 0 Å². The van der Waals surface area contributed by atoms with Crippen molar-refractivity contribution in [3.63, 3.8) is 0 Å². The molecular formula is C20H18N6O2. The summed E-state index contributed by atoms with van der Waals surface area (Å²) >= 11 is 0. The van der Waals surface area contributed by atoms with Crippen LogP contribution in [0, 0.1) is 6.92 Å². The molecule has 0 saturated heterocycles. The molecule has 1 amide bonds. The number of hydrogen-bond acceptors (Lipinski definition) is 6. The molecule has 8 heteroatoms. The van der Waals surface area contributed by atoms with E-state index in [9.17, 15) is 4.79 Å². The molecule has 28 heavy (non-hydrogen) atoms. The second-order valence-electron chi connectivity index (χ2n) is 6.18. The van der Waals surface area contributed by atoms with Gasteiger partial charge >= 0.3 is 0 Å². The van der Waals surface area contributed by atoms with Crippen LogP contribution in [0.1, 0.15) is 28.8 Å². The van der Waals surface area contributed by atoms with Crippen LogP contribution < -0.4 is 5.32 Å². The molecule has 3 aromatic heterocycles. The van der Waals surface area contributed by atoms with Gasteiger partial charge in [-0.1, -0.05) is 30.3 Å². The van der Waals surface area contributed by atoms with Gasteiger partial charge in [0.05, 0.1) is 5.56 Å². The Bertz CT molecular complexity index is 1130. The number of amides is 1. The number of benzene rings is 1. The van der Waals surface area contributed by atoms with Crippen LogP contribution in [0.5, 0.6) is 0 Å². The first-order chi connectivity index (χ1) is 13.7. The summed E-state index contributed by atoms with van der Waals surface area (Å²) in [4.78, 5) is 25.5. The van der Waals surface area contributed by atoms with E-state index in [-0.39, 0.29) is 11.6 Å². The molecule has 0 aliphatic heterocycles. The third-order valence-corrected chi connectivity index (χ3v) is 4.25. The van der Waals surface area contributed by atoms with Gasteiger partial charge in [0.2, 0.25) is 0 Å². The van der Waals surface area contributed by atoms with Crippen LogP contribution in [-0.2, 0) is 6.42 Å². The SMILES string of the molecule is CCc1noc(-c2cccnc2-n2cnc(C(=O)Nc3ccccc3C)c2)n1. The molecule has 0 aliphatic rings. The Balaban J connectivity index is 1.63. The van der Waals surface area contributed by atoms with Gasteiger partial charge in [-0.05, 0) is 30.7 Å². The zero-order chi connectivity index (χ0) is 19.5. The Morgan fingerprint density at radius 2 is 2.04 bits per heavy atom. The molecule has 8 nitrogen and oxygen atoms in total. The maximum atomic E-state index is 12.6. The number of carbonyl (C=O) groups is 1. The molecule has 4 aromatic rings. The molecule has 1 aromatic carbocycles. The monoisotopic (exact) mass is 374 g/mol. The number of imidazole rings is 1. The van der Waals surface area contributed by atoms with Crippen molar-refractivity contribution in [2.24, 2.45) is 0 Å². The van der Waals surface area contributed by atoms with Crippen LogP contribution in [0.15, 0.2) is 59.6 Å². The van der Waals surface area contributed by atoms with Crippen LogP contribution in [0.25, 0.3) is 17.3 Å². The van der Waals surface area contributed by atoms with Gasteiger partial charge in [-0.3, -0.25) is 9.36 Å². The summed E-state index contributed by atoms with van der Waals surface area (Å²) in [5, 5.41) is 6.80. The van der Waals surface area contributed by atoms with Gasteiger partial charge in [0.25, 0.3) is 11.8 Å². The smallest absolute Gasteiger partial charge is 0.275 e. The van der Waals surface area contributed by atoms with Crippen LogP contribution in [0.3, 0.4) is 0 Å². The lowest BCUT2D eigenvalue weighted by atomic mass is 10.2. The number of aryl methyl sites for hydroxylation is 2. The first kappa shape index (κ1) is 17.6. The second kappa shape index (κ2) is 7.43. The molecule has 4 rings (SSSR count). The quantitative estimate of drug-likeness (QED) is 0.574. The normalized spacial score (nSPS) is 10.8. The predicted molar refractivity (Wildman–Crippen MR) is 103 cm³/mol. The molecule has 0 bridgehead atoms. The van der Waals surface area contributed by atoms with E-state index in [0.717, 1.165) is 11.3 Å². The molecule has 0 aliphatic carbocycles. The number of nitrogens with zero attached hydrogens (tertiary/aromatic N) is 5. The average molecular weight is 374 g/mol. The van der Waals surface area contributed by atoms with Gasteiger partial charge in [0.1, 0.15) is 12.0 Å². The van der Waals surface area contributed by atoms with Crippen LogP contribution >= 0.6 is 0 Å². The summed E-state index contributed by atoms with van der Waals surface area (Å²) in [7, 11) is 0. The number of nitrogens with one attached hydrogen (secondary N) is 1. The predicted octanol–water partition coefficient (Wildman–Crippen LogP) is 3.44. The Morgan fingerprint density at radius 3 is 2.82 bits per heavy atom. The fourth-order valence-corrected chi connectivity index (χ4v) is 2.73. The van der Waals surface area contributed by atoms with Gasteiger partial charge < -0.3 is 9.84 Å². The average Bonchev–Trinajstić information content (AvgIpc) is 3.39. The maximum Gasteiger partial charge on any atom is 0.275 e. The van der Waals surface area contributed by atoms with Crippen LogP contribution in [0.4, 0.5) is 5.69 Å². The standard InChI is InChI=1S/C20H18N6O2/c1-3-17-24-20(28-25-17)14-8-6-10-21-18(14)26-11-16(22-12-26)19(27)23-15-9-5-4-7-13(15)2/h4-12H,3H2,1-2H3,(H,23,27). The number of rotatable bonds is 5. The molecule has 0 unspecified atom stereocenters. The molecule has 3 heterocycles. The van der Waals surface area contributed by atoms with Crippen molar-refractivity contribution >= 4 is 11.6 Å². The van der Waals surface area contributed by atoms with E-state index in [1.54, 1.807) is 23.0 Å². The van der Waals surface area contributed by atoms with E-state index in [1.807, 2.05) is 44.2 Å². The lowest BCUT2D eigenvalue weighted by Crippen LogP contribution is -2.13. The number of pyridine rings is 1. The molecule has 0 atom stereocenters. The summed E-state index contributed by atoms with van der Waals surface area (Å²) in [5.41, 5.74) is 2.67. The van der Waals surface area contributed by atoms with Crippen molar-refractivity contribution in [3.05, 3.63) is 72.2 Å². The van der Waals surface area contributed by atoms with Gasteiger partial charge in [-0.2, -0.15) is 4.98 Å². The van der Waals surface area contributed by atoms with Gasteiger partial charge in [0.15, 0.2) is 11.6 Å². The van der Waals surface area contributed by atoms with Gasteiger partial charge in [0, 0.05) is 24.5 Å². The summed E-state index contributed by atoms with van der Waals surface area (Å²) in [6.45, 7) is 3.89. The molecule has 1 N–H and O–H groups in total. The number of aromatic nitrogens is 5. The lowest BCUT2D eigenvalue weighted by Gasteiger charge is -2.06. The van der Waals surface area contributed by atoms with Gasteiger partial charge in [-0.25, -0.2) is 9.97 Å². The Hall–Kier alpha value is -3.81. The third kappa shape index (κ3) is 3.39. The van der Waals surface area contributed by atoms with Crippen LogP contribution in [-0.4, -0.2) is 30.6 Å². The van der Waals surface area contributed by atoms with E-state index >= 15 is 0 Å². The molecule has 140 valence electrons. The Morgan fingerprint density at radius 1 is 1.18 bits per heavy atom. The molecule has 0 fully saturated rings. The topological polar surface area (TPSA) is 98.7 Å². The number of para-hydroxylation sites is 1. The highest BCUT2D eigenvalue weighted by Gasteiger charge is 2.17. The zero-order valence-corrected chi connectivity index (χ0v) is 15.5.